The number of carbonyl (C=O) groups excluding carboxylic acids is 1. The van der Waals surface area contributed by atoms with Gasteiger partial charge in [-0.25, -0.2) is 0 Å². The van der Waals surface area contributed by atoms with Crippen molar-refractivity contribution < 1.29 is 9.53 Å². The van der Waals surface area contributed by atoms with Gasteiger partial charge in [-0.05, 0) is 24.1 Å². The summed E-state index contributed by atoms with van der Waals surface area (Å²) in [5.74, 6) is 0.986. The smallest absolute Gasteiger partial charge is 0.227 e. The molecule has 1 aromatic carbocycles. The van der Waals surface area contributed by atoms with Gasteiger partial charge in [0.2, 0.25) is 5.91 Å². The summed E-state index contributed by atoms with van der Waals surface area (Å²) in [4.78, 5) is 17.0. The monoisotopic (exact) mass is 342 g/mol. The molecule has 1 amide bonds. The number of methoxy groups -OCH3 is 1. The predicted molar refractivity (Wildman–Crippen MR) is 96.4 cm³/mol. The van der Waals surface area contributed by atoms with Gasteiger partial charge in [0, 0.05) is 51.5 Å². The Morgan fingerprint density at radius 3 is 2.84 bits per heavy atom. The minimum Gasteiger partial charge on any atom is -0.497 e. The van der Waals surface area contributed by atoms with E-state index in [2.05, 4.69) is 16.2 Å². The van der Waals surface area contributed by atoms with E-state index in [1.54, 1.807) is 7.11 Å². The van der Waals surface area contributed by atoms with Crippen LogP contribution in [0, 0.1) is 0 Å². The van der Waals surface area contributed by atoms with E-state index in [9.17, 15) is 4.79 Å². The molecule has 2 aromatic rings. The summed E-state index contributed by atoms with van der Waals surface area (Å²) < 4.78 is 7.07. The molecule has 0 atom stereocenters. The summed E-state index contributed by atoms with van der Waals surface area (Å²) in [6.45, 7) is 4.41. The lowest BCUT2D eigenvalue weighted by atomic mass is 10.1. The number of aryl methyl sites for hydroxylation is 1. The summed E-state index contributed by atoms with van der Waals surface area (Å²) in [5.41, 5.74) is 2.22. The summed E-state index contributed by atoms with van der Waals surface area (Å²) >= 11 is 0. The van der Waals surface area contributed by atoms with Crippen LogP contribution in [0.3, 0.4) is 0 Å². The third kappa shape index (κ3) is 4.82. The van der Waals surface area contributed by atoms with E-state index in [1.807, 2.05) is 47.1 Å². The Balaban J connectivity index is 1.54. The SMILES string of the molecule is COc1cccc(CC(=O)N2CCCN(Cc3cnn(C)c3)CC2)c1. The molecule has 1 aliphatic heterocycles. The van der Waals surface area contributed by atoms with Crippen LogP contribution in [0.1, 0.15) is 17.5 Å². The first-order valence-electron chi connectivity index (χ1n) is 8.74. The number of ether oxygens (including phenoxy) is 1. The average Bonchev–Trinajstić information content (AvgIpc) is 2.88. The number of amides is 1. The highest BCUT2D eigenvalue weighted by Gasteiger charge is 2.19. The molecule has 0 unspecified atom stereocenters. The average molecular weight is 342 g/mol. The first-order chi connectivity index (χ1) is 12.1. The quantitative estimate of drug-likeness (QED) is 0.830. The van der Waals surface area contributed by atoms with Gasteiger partial charge in [0.15, 0.2) is 0 Å². The second-order valence-electron chi connectivity index (χ2n) is 6.56. The summed E-state index contributed by atoms with van der Waals surface area (Å²) in [5, 5.41) is 4.22. The van der Waals surface area contributed by atoms with Gasteiger partial charge in [0.05, 0.1) is 19.7 Å². The van der Waals surface area contributed by atoms with Crippen LogP contribution >= 0.6 is 0 Å². The highest BCUT2D eigenvalue weighted by atomic mass is 16.5. The van der Waals surface area contributed by atoms with Crippen molar-refractivity contribution in [3.8, 4) is 5.75 Å². The van der Waals surface area contributed by atoms with Crippen molar-refractivity contribution in [2.45, 2.75) is 19.4 Å². The first kappa shape index (κ1) is 17.5. The minimum atomic E-state index is 0.191. The van der Waals surface area contributed by atoms with E-state index in [4.69, 9.17) is 4.74 Å². The summed E-state index contributed by atoms with van der Waals surface area (Å²) in [6.07, 6.45) is 5.40. The van der Waals surface area contributed by atoms with Crippen LogP contribution in [-0.4, -0.2) is 58.8 Å². The zero-order valence-electron chi connectivity index (χ0n) is 15.0. The third-order valence-electron chi connectivity index (χ3n) is 4.60. The van der Waals surface area contributed by atoms with Gasteiger partial charge in [-0.15, -0.1) is 0 Å². The van der Waals surface area contributed by atoms with E-state index >= 15 is 0 Å². The molecule has 0 N–H and O–H groups in total. The van der Waals surface area contributed by atoms with E-state index < -0.39 is 0 Å². The second kappa shape index (κ2) is 8.16. The first-order valence-corrected chi connectivity index (χ1v) is 8.74. The Hall–Kier alpha value is -2.34. The van der Waals surface area contributed by atoms with Gasteiger partial charge < -0.3 is 9.64 Å². The van der Waals surface area contributed by atoms with Gasteiger partial charge >= 0.3 is 0 Å². The maximum absolute atomic E-state index is 12.6. The molecule has 0 aliphatic carbocycles. The lowest BCUT2D eigenvalue weighted by molar-refractivity contribution is -0.130. The number of rotatable bonds is 5. The molecule has 2 heterocycles. The number of benzene rings is 1. The Kier molecular flexibility index (Phi) is 5.71. The molecule has 25 heavy (non-hydrogen) atoms. The van der Waals surface area contributed by atoms with E-state index in [0.29, 0.717) is 6.42 Å². The van der Waals surface area contributed by atoms with Crippen LogP contribution in [0.5, 0.6) is 5.75 Å². The van der Waals surface area contributed by atoms with E-state index in [1.165, 1.54) is 5.56 Å². The van der Waals surface area contributed by atoms with Crippen LogP contribution in [0.25, 0.3) is 0 Å². The highest BCUT2D eigenvalue weighted by Crippen LogP contribution is 2.15. The lowest BCUT2D eigenvalue weighted by Gasteiger charge is -2.22. The van der Waals surface area contributed by atoms with Crippen molar-refractivity contribution in [2.75, 3.05) is 33.3 Å². The molecule has 1 aliphatic rings. The second-order valence-corrected chi connectivity index (χ2v) is 6.56. The fraction of sp³-hybridized carbons (Fsp3) is 0.474. The number of aromatic nitrogens is 2. The fourth-order valence-corrected chi connectivity index (χ4v) is 3.26. The largest absolute Gasteiger partial charge is 0.497 e. The molecular weight excluding hydrogens is 316 g/mol. The molecule has 0 spiro atoms. The standard InChI is InChI=1S/C19H26N4O2/c1-21-14-17(13-20-21)15-22-7-4-8-23(10-9-22)19(24)12-16-5-3-6-18(11-16)25-2/h3,5-6,11,13-14H,4,7-10,12,15H2,1-2H3. The molecule has 0 radical (unpaired) electrons. The maximum atomic E-state index is 12.6. The molecule has 3 rings (SSSR count). The van der Waals surface area contributed by atoms with Crippen molar-refractivity contribution in [1.29, 1.82) is 0 Å². The predicted octanol–water partition coefficient (Wildman–Crippen LogP) is 1.71. The zero-order chi connectivity index (χ0) is 17.6. The lowest BCUT2D eigenvalue weighted by Crippen LogP contribution is -2.36. The topological polar surface area (TPSA) is 50.6 Å². The Morgan fingerprint density at radius 1 is 1.20 bits per heavy atom. The number of carbonyl (C=O) groups is 1. The number of hydrogen-bond acceptors (Lipinski definition) is 4. The van der Waals surface area contributed by atoms with Crippen molar-refractivity contribution in [1.82, 2.24) is 19.6 Å². The molecule has 6 heteroatoms. The third-order valence-corrected chi connectivity index (χ3v) is 4.60. The molecule has 0 saturated carbocycles. The molecule has 6 nitrogen and oxygen atoms in total. The normalized spacial score (nSPS) is 15.8. The van der Waals surface area contributed by atoms with Gasteiger partial charge in [0.25, 0.3) is 0 Å². The van der Waals surface area contributed by atoms with E-state index in [-0.39, 0.29) is 5.91 Å². The maximum Gasteiger partial charge on any atom is 0.227 e. The van der Waals surface area contributed by atoms with Crippen LogP contribution in [0.4, 0.5) is 0 Å². The Labute approximate surface area is 149 Å². The molecule has 1 saturated heterocycles. The van der Waals surface area contributed by atoms with Crippen molar-refractivity contribution in [2.24, 2.45) is 7.05 Å². The van der Waals surface area contributed by atoms with Crippen LogP contribution < -0.4 is 4.74 Å². The summed E-state index contributed by atoms with van der Waals surface area (Å²) in [7, 11) is 3.58. The van der Waals surface area contributed by atoms with Crippen LogP contribution in [0.15, 0.2) is 36.7 Å². The summed E-state index contributed by atoms with van der Waals surface area (Å²) in [6, 6.07) is 7.74. The molecule has 1 aromatic heterocycles. The van der Waals surface area contributed by atoms with Gasteiger partial charge in [0.1, 0.15) is 5.75 Å². The van der Waals surface area contributed by atoms with E-state index in [0.717, 1.165) is 50.5 Å². The van der Waals surface area contributed by atoms with Crippen LogP contribution in [-0.2, 0) is 24.8 Å². The molecule has 0 bridgehead atoms. The van der Waals surface area contributed by atoms with Gasteiger partial charge in [-0.2, -0.15) is 5.10 Å². The highest BCUT2D eigenvalue weighted by molar-refractivity contribution is 5.79. The Morgan fingerprint density at radius 2 is 2.08 bits per heavy atom. The van der Waals surface area contributed by atoms with Gasteiger partial charge in [-0.1, -0.05) is 12.1 Å². The minimum absolute atomic E-state index is 0.191. The zero-order valence-corrected chi connectivity index (χ0v) is 15.0. The number of nitrogens with zero attached hydrogens (tertiary/aromatic N) is 4. The molecule has 134 valence electrons. The molecule has 1 fully saturated rings. The fourth-order valence-electron chi connectivity index (χ4n) is 3.26. The van der Waals surface area contributed by atoms with Crippen molar-refractivity contribution in [3.63, 3.8) is 0 Å². The van der Waals surface area contributed by atoms with Crippen molar-refractivity contribution in [3.05, 3.63) is 47.8 Å². The Bertz CT molecular complexity index is 713. The van der Waals surface area contributed by atoms with Crippen molar-refractivity contribution >= 4 is 5.91 Å². The van der Waals surface area contributed by atoms with Crippen LogP contribution in [0.2, 0.25) is 0 Å². The molecular formula is C19H26N4O2. The number of hydrogen-bond donors (Lipinski definition) is 0. The van der Waals surface area contributed by atoms with Gasteiger partial charge in [-0.3, -0.25) is 14.4 Å².